The van der Waals surface area contributed by atoms with Crippen molar-refractivity contribution >= 4 is 17.5 Å². The van der Waals surface area contributed by atoms with Crippen molar-refractivity contribution in [2.45, 2.75) is 6.42 Å². The number of hydrogen-bond donors (Lipinski definition) is 1. The molecule has 126 valence electrons. The van der Waals surface area contributed by atoms with Gasteiger partial charge >= 0.3 is 0 Å². The third kappa shape index (κ3) is 4.63. The van der Waals surface area contributed by atoms with Crippen molar-refractivity contribution in [2.75, 3.05) is 32.2 Å². The second-order valence-electron chi connectivity index (χ2n) is 5.26. The Morgan fingerprint density at radius 1 is 1.17 bits per heavy atom. The molecule has 1 N–H and O–H groups in total. The highest BCUT2D eigenvalue weighted by Crippen LogP contribution is 2.15. The van der Waals surface area contributed by atoms with Gasteiger partial charge in [0.25, 0.3) is 11.8 Å². The molecule has 2 rings (SSSR count). The number of nitrogens with zero attached hydrogens (tertiary/aromatic N) is 2. The smallest absolute Gasteiger partial charge is 0.259 e. The molecule has 1 heterocycles. The van der Waals surface area contributed by atoms with Crippen LogP contribution in [-0.2, 0) is 4.74 Å². The summed E-state index contributed by atoms with van der Waals surface area (Å²) >= 11 is 0. The number of hydrogen-bond acceptors (Lipinski definition) is 4. The lowest BCUT2D eigenvalue weighted by Gasteiger charge is -2.17. The van der Waals surface area contributed by atoms with E-state index in [1.54, 1.807) is 20.2 Å². The summed E-state index contributed by atoms with van der Waals surface area (Å²) in [5.41, 5.74) is 1.50. The van der Waals surface area contributed by atoms with E-state index in [4.69, 9.17) is 4.74 Å². The van der Waals surface area contributed by atoms with E-state index in [9.17, 15) is 9.59 Å². The van der Waals surface area contributed by atoms with E-state index in [-0.39, 0.29) is 11.8 Å². The first-order chi connectivity index (χ1) is 11.6. The number of rotatable bonds is 7. The van der Waals surface area contributed by atoms with Gasteiger partial charge in [0.05, 0.1) is 11.1 Å². The summed E-state index contributed by atoms with van der Waals surface area (Å²) < 4.78 is 4.93. The monoisotopic (exact) mass is 327 g/mol. The Bertz CT molecular complexity index is 689. The number of carbonyl (C=O) groups is 2. The molecule has 2 aromatic rings. The Balaban J connectivity index is 2.06. The van der Waals surface area contributed by atoms with Crippen LogP contribution in [0, 0.1) is 0 Å². The zero-order valence-corrected chi connectivity index (χ0v) is 13.9. The van der Waals surface area contributed by atoms with E-state index in [0.717, 1.165) is 12.1 Å². The maximum absolute atomic E-state index is 12.6. The standard InChI is InChI=1S/C18H21N3O3/c1-21(16-7-4-3-5-8-16)18(23)15-11-14(12-19-13-15)17(22)20-9-6-10-24-2/h3-5,7-8,11-13H,6,9-10H2,1-2H3,(H,20,22). The average Bonchev–Trinajstić information content (AvgIpc) is 2.64. The first kappa shape index (κ1) is 17.6. The summed E-state index contributed by atoms with van der Waals surface area (Å²) in [7, 11) is 3.30. The number of aromatic nitrogens is 1. The van der Waals surface area contributed by atoms with Crippen LogP contribution in [0.3, 0.4) is 0 Å². The van der Waals surface area contributed by atoms with Crippen LogP contribution >= 0.6 is 0 Å². The number of methoxy groups -OCH3 is 1. The molecule has 0 fully saturated rings. The predicted octanol–water partition coefficient (Wildman–Crippen LogP) is 2.12. The minimum absolute atomic E-state index is 0.220. The Hall–Kier alpha value is -2.73. The number of nitrogens with one attached hydrogen (secondary N) is 1. The lowest BCUT2D eigenvalue weighted by molar-refractivity contribution is 0.0948. The number of amides is 2. The number of para-hydroxylation sites is 1. The van der Waals surface area contributed by atoms with Gasteiger partial charge in [-0.15, -0.1) is 0 Å². The molecule has 0 saturated carbocycles. The maximum Gasteiger partial charge on any atom is 0.259 e. The molecule has 6 heteroatoms. The molecule has 0 spiro atoms. The highest BCUT2D eigenvalue weighted by Gasteiger charge is 2.16. The van der Waals surface area contributed by atoms with Crippen molar-refractivity contribution in [3.8, 4) is 0 Å². The molecule has 2 amide bonds. The third-order valence-corrected chi connectivity index (χ3v) is 3.51. The van der Waals surface area contributed by atoms with E-state index in [1.165, 1.54) is 17.3 Å². The molecule has 1 aromatic heterocycles. The summed E-state index contributed by atoms with van der Waals surface area (Å²) in [6, 6.07) is 10.9. The highest BCUT2D eigenvalue weighted by atomic mass is 16.5. The summed E-state index contributed by atoms with van der Waals surface area (Å²) in [5.74, 6) is -0.474. The minimum atomic E-state index is -0.254. The van der Waals surface area contributed by atoms with Crippen LogP contribution < -0.4 is 10.2 Å². The van der Waals surface area contributed by atoms with Gasteiger partial charge in [-0.05, 0) is 24.6 Å². The van der Waals surface area contributed by atoms with Crippen LogP contribution in [0.4, 0.5) is 5.69 Å². The summed E-state index contributed by atoms with van der Waals surface area (Å²) in [6.45, 7) is 1.09. The first-order valence-electron chi connectivity index (χ1n) is 7.68. The lowest BCUT2D eigenvalue weighted by Crippen LogP contribution is -2.28. The Morgan fingerprint density at radius 2 is 1.88 bits per heavy atom. The average molecular weight is 327 g/mol. The van der Waals surface area contributed by atoms with Crippen molar-refractivity contribution in [2.24, 2.45) is 0 Å². The fourth-order valence-corrected chi connectivity index (χ4v) is 2.16. The van der Waals surface area contributed by atoms with Gasteiger partial charge in [0.2, 0.25) is 0 Å². The molecular formula is C18H21N3O3. The zero-order chi connectivity index (χ0) is 17.4. The number of carbonyl (C=O) groups excluding carboxylic acids is 2. The molecule has 0 radical (unpaired) electrons. The fourth-order valence-electron chi connectivity index (χ4n) is 2.16. The van der Waals surface area contributed by atoms with Gasteiger partial charge in [0, 0.05) is 45.4 Å². The normalized spacial score (nSPS) is 10.2. The Labute approximate surface area is 141 Å². The van der Waals surface area contributed by atoms with Crippen LogP contribution in [0.5, 0.6) is 0 Å². The van der Waals surface area contributed by atoms with Crippen molar-refractivity contribution < 1.29 is 14.3 Å². The fraction of sp³-hybridized carbons (Fsp3) is 0.278. The third-order valence-electron chi connectivity index (χ3n) is 3.51. The molecular weight excluding hydrogens is 306 g/mol. The van der Waals surface area contributed by atoms with Crippen molar-refractivity contribution in [1.82, 2.24) is 10.3 Å². The largest absolute Gasteiger partial charge is 0.385 e. The summed E-state index contributed by atoms with van der Waals surface area (Å²) in [5, 5.41) is 2.78. The number of ether oxygens (including phenoxy) is 1. The summed E-state index contributed by atoms with van der Waals surface area (Å²) in [6.07, 6.45) is 3.64. The van der Waals surface area contributed by atoms with Crippen LogP contribution in [0.2, 0.25) is 0 Å². The molecule has 6 nitrogen and oxygen atoms in total. The van der Waals surface area contributed by atoms with Gasteiger partial charge in [0.15, 0.2) is 0 Å². The van der Waals surface area contributed by atoms with E-state index in [1.807, 2.05) is 30.3 Å². The van der Waals surface area contributed by atoms with E-state index < -0.39 is 0 Å². The SMILES string of the molecule is COCCCNC(=O)c1cncc(C(=O)N(C)c2ccccc2)c1. The summed E-state index contributed by atoms with van der Waals surface area (Å²) in [4.78, 5) is 30.2. The van der Waals surface area contributed by atoms with E-state index in [0.29, 0.717) is 24.3 Å². The number of anilines is 1. The van der Waals surface area contributed by atoms with Gasteiger partial charge in [-0.1, -0.05) is 18.2 Å². The van der Waals surface area contributed by atoms with Gasteiger partial charge in [-0.2, -0.15) is 0 Å². The maximum atomic E-state index is 12.6. The van der Waals surface area contributed by atoms with Crippen LogP contribution in [0.1, 0.15) is 27.1 Å². The van der Waals surface area contributed by atoms with Crippen LogP contribution in [0.15, 0.2) is 48.8 Å². The minimum Gasteiger partial charge on any atom is -0.385 e. The molecule has 0 aliphatic carbocycles. The quantitative estimate of drug-likeness (QED) is 0.791. The highest BCUT2D eigenvalue weighted by molar-refractivity contribution is 6.07. The molecule has 0 unspecified atom stereocenters. The van der Waals surface area contributed by atoms with Crippen LogP contribution in [-0.4, -0.2) is 44.1 Å². The second kappa shape index (κ2) is 8.79. The Kier molecular flexibility index (Phi) is 6.45. The lowest BCUT2D eigenvalue weighted by atomic mass is 10.1. The molecule has 0 aliphatic heterocycles. The van der Waals surface area contributed by atoms with Gasteiger partial charge in [0.1, 0.15) is 0 Å². The molecule has 0 bridgehead atoms. The molecule has 1 aromatic carbocycles. The topological polar surface area (TPSA) is 71.5 Å². The van der Waals surface area contributed by atoms with E-state index >= 15 is 0 Å². The van der Waals surface area contributed by atoms with Gasteiger partial charge in [-0.3, -0.25) is 14.6 Å². The zero-order valence-electron chi connectivity index (χ0n) is 13.9. The predicted molar refractivity (Wildman–Crippen MR) is 92.2 cm³/mol. The molecule has 24 heavy (non-hydrogen) atoms. The van der Waals surface area contributed by atoms with Gasteiger partial charge in [-0.25, -0.2) is 0 Å². The van der Waals surface area contributed by atoms with Crippen LogP contribution in [0.25, 0.3) is 0 Å². The Morgan fingerprint density at radius 3 is 2.58 bits per heavy atom. The molecule has 0 aliphatic rings. The molecule has 0 atom stereocenters. The van der Waals surface area contributed by atoms with Crippen molar-refractivity contribution in [3.63, 3.8) is 0 Å². The number of benzene rings is 1. The van der Waals surface area contributed by atoms with Gasteiger partial charge < -0.3 is 15.0 Å². The second-order valence-corrected chi connectivity index (χ2v) is 5.26. The number of pyridine rings is 1. The van der Waals surface area contributed by atoms with Crippen molar-refractivity contribution in [1.29, 1.82) is 0 Å². The molecule has 0 saturated heterocycles. The van der Waals surface area contributed by atoms with E-state index in [2.05, 4.69) is 10.3 Å². The first-order valence-corrected chi connectivity index (χ1v) is 7.68. The van der Waals surface area contributed by atoms with Crippen molar-refractivity contribution in [3.05, 3.63) is 59.9 Å².